The van der Waals surface area contributed by atoms with Crippen LogP contribution in [-0.4, -0.2) is 58.9 Å². The van der Waals surface area contributed by atoms with E-state index in [0.29, 0.717) is 25.7 Å². The van der Waals surface area contributed by atoms with Gasteiger partial charge >= 0.3 is 0 Å². The molecule has 0 aliphatic rings. The second-order valence-electron chi connectivity index (χ2n) is 4.87. The van der Waals surface area contributed by atoms with E-state index in [2.05, 4.69) is 15.2 Å². The van der Waals surface area contributed by atoms with Gasteiger partial charge in [0.25, 0.3) is 0 Å². The molecule has 0 saturated heterocycles. The highest BCUT2D eigenvalue weighted by atomic mass is 16.5. The lowest BCUT2D eigenvalue weighted by atomic mass is 10.0. The lowest BCUT2D eigenvalue weighted by molar-refractivity contribution is 0.204. The van der Waals surface area contributed by atoms with E-state index in [0.717, 1.165) is 11.3 Å². The van der Waals surface area contributed by atoms with Crippen molar-refractivity contribution in [2.45, 2.75) is 6.04 Å². The minimum Gasteiger partial charge on any atom is -0.496 e. The maximum absolute atomic E-state index is 5.85. The molecular formula is C15H26N4O2. The monoisotopic (exact) mass is 294 g/mol. The number of likely N-dealkylation sites (N-methyl/N-ethyl adjacent to an activating group) is 1. The number of benzene rings is 1. The van der Waals surface area contributed by atoms with Crippen molar-refractivity contribution in [3.8, 4) is 5.75 Å². The smallest absolute Gasteiger partial charge is 0.188 e. The van der Waals surface area contributed by atoms with Crippen LogP contribution in [-0.2, 0) is 4.74 Å². The average molecular weight is 294 g/mol. The molecule has 1 rings (SSSR count). The molecule has 0 radical (unpaired) electrons. The van der Waals surface area contributed by atoms with Crippen LogP contribution in [0.2, 0.25) is 0 Å². The summed E-state index contributed by atoms with van der Waals surface area (Å²) in [6.07, 6.45) is 0. The van der Waals surface area contributed by atoms with E-state index in [1.54, 1.807) is 14.2 Å². The Kier molecular flexibility index (Phi) is 7.56. The van der Waals surface area contributed by atoms with Crippen LogP contribution in [0.3, 0.4) is 0 Å². The quantitative estimate of drug-likeness (QED) is 0.422. The number of guanidine groups is 1. The van der Waals surface area contributed by atoms with Gasteiger partial charge in [-0.2, -0.15) is 0 Å². The van der Waals surface area contributed by atoms with E-state index in [9.17, 15) is 0 Å². The van der Waals surface area contributed by atoms with Gasteiger partial charge in [-0.25, -0.2) is 0 Å². The van der Waals surface area contributed by atoms with E-state index in [1.165, 1.54) is 0 Å². The number of nitrogens with one attached hydrogen (secondary N) is 1. The summed E-state index contributed by atoms with van der Waals surface area (Å²) < 4.78 is 10.4. The van der Waals surface area contributed by atoms with Crippen molar-refractivity contribution in [3.63, 3.8) is 0 Å². The first kappa shape index (κ1) is 17.3. The highest BCUT2D eigenvalue weighted by Crippen LogP contribution is 2.27. The Morgan fingerprint density at radius 1 is 1.33 bits per heavy atom. The second kappa shape index (κ2) is 9.20. The largest absolute Gasteiger partial charge is 0.496 e. The molecule has 21 heavy (non-hydrogen) atoms. The van der Waals surface area contributed by atoms with E-state index < -0.39 is 0 Å². The van der Waals surface area contributed by atoms with Gasteiger partial charge in [-0.15, -0.1) is 0 Å². The maximum atomic E-state index is 5.85. The molecule has 3 N–H and O–H groups in total. The number of hydrogen-bond acceptors (Lipinski definition) is 4. The summed E-state index contributed by atoms with van der Waals surface area (Å²) in [6, 6.07) is 8.06. The summed E-state index contributed by atoms with van der Waals surface area (Å²) in [7, 11) is 7.36. The van der Waals surface area contributed by atoms with Crippen LogP contribution in [0, 0.1) is 0 Å². The van der Waals surface area contributed by atoms with E-state index in [1.807, 2.05) is 38.4 Å². The van der Waals surface area contributed by atoms with Crippen molar-refractivity contribution < 1.29 is 9.47 Å². The third-order valence-electron chi connectivity index (χ3n) is 3.17. The van der Waals surface area contributed by atoms with Crippen molar-refractivity contribution in [2.24, 2.45) is 10.7 Å². The fraction of sp³-hybridized carbons (Fsp3) is 0.533. The molecule has 0 heterocycles. The lowest BCUT2D eigenvalue weighted by Crippen LogP contribution is -2.35. The Balaban J connectivity index is 2.76. The SMILES string of the molecule is COCCNC(N)=NCC(c1ccccc1OC)N(C)C. The summed E-state index contributed by atoms with van der Waals surface area (Å²) in [4.78, 5) is 6.50. The van der Waals surface area contributed by atoms with Gasteiger partial charge in [0, 0.05) is 19.2 Å². The first-order valence-electron chi connectivity index (χ1n) is 6.92. The van der Waals surface area contributed by atoms with Crippen LogP contribution in [0.25, 0.3) is 0 Å². The third kappa shape index (κ3) is 5.61. The number of methoxy groups -OCH3 is 2. The molecular weight excluding hydrogens is 268 g/mol. The van der Waals surface area contributed by atoms with Gasteiger partial charge in [-0.1, -0.05) is 18.2 Å². The maximum Gasteiger partial charge on any atom is 0.188 e. The first-order chi connectivity index (χ1) is 10.1. The fourth-order valence-corrected chi connectivity index (χ4v) is 2.00. The van der Waals surface area contributed by atoms with E-state index in [-0.39, 0.29) is 6.04 Å². The molecule has 0 aromatic heterocycles. The van der Waals surface area contributed by atoms with Crippen molar-refractivity contribution in [2.75, 3.05) is 48.0 Å². The Morgan fingerprint density at radius 3 is 2.67 bits per heavy atom. The molecule has 1 aromatic carbocycles. The zero-order chi connectivity index (χ0) is 15.7. The molecule has 6 nitrogen and oxygen atoms in total. The highest BCUT2D eigenvalue weighted by molar-refractivity contribution is 5.77. The van der Waals surface area contributed by atoms with Crippen LogP contribution in [0.4, 0.5) is 0 Å². The summed E-state index contributed by atoms with van der Waals surface area (Å²) in [6.45, 7) is 1.80. The van der Waals surface area contributed by atoms with Crippen molar-refractivity contribution >= 4 is 5.96 Å². The Bertz CT molecular complexity index is 449. The van der Waals surface area contributed by atoms with Gasteiger partial charge in [-0.3, -0.25) is 4.99 Å². The van der Waals surface area contributed by atoms with Crippen LogP contribution < -0.4 is 15.8 Å². The summed E-state index contributed by atoms with van der Waals surface area (Å²) in [5.41, 5.74) is 6.94. The van der Waals surface area contributed by atoms with E-state index >= 15 is 0 Å². The molecule has 0 amide bonds. The van der Waals surface area contributed by atoms with Gasteiger partial charge in [0.2, 0.25) is 0 Å². The average Bonchev–Trinajstić information content (AvgIpc) is 2.48. The molecule has 0 fully saturated rings. The van der Waals surface area contributed by atoms with Crippen molar-refractivity contribution in [1.29, 1.82) is 0 Å². The summed E-state index contributed by atoms with van der Waals surface area (Å²) in [5, 5.41) is 3.01. The van der Waals surface area contributed by atoms with Gasteiger partial charge in [-0.05, 0) is 20.2 Å². The van der Waals surface area contributed by atoms with Crippen molar-refractivity contribution in [3.05, 3.63) is 29.8 Å². The van der Waals surface area contributed by atoms with Crippen LogP contribution >= 0.6 is 0 Å². The standard InChI is InChI=1S/C15H26N4O2/c1-19(2)13(11-18-15(16)17-9-10-20-3)12-7-5-6-8-14(12)21-4/h5-8,13H,9-11H2,1-4H3,(H3,16,17,18). The number of rotatable bonds is 8. The minimum absolute atomic E-state index is 0.101. The van der Waals surface area contributed by atoms with Gasteiger partial charge in [0.15, 0.2) is 5.96 Å². The van der Waals surface area contributed by atoms with Gasteiger partial charge in [0.1, 0.15) is 5.75 Å². The number of hydrogen-bond donors (Lipinski definition) is 2. The minimum atomic E-state index is 0.101. The molecule has 1 atom stereocenters. The molecule has 6 heteroatoms. The number of ether oxygens (including phenoxy) is 2. The van der Waals surface area contributed by atoms with E-state index in [4.69, 9.17) is 15.2 Å². The molecule has 0 bridgehead atoms. The van der Waals surface area contributed by atoms with Gasteiger partial charge < -0.3 is 25.4 Å². The molecule has 0 spiro atoms. The Labute approximate surface area is 126 Å². The number of aliphatic imine (C=N–C) groups is 1. The fourth-order valence-electron chi connectivity index (χ4n) is 2.00. The second-order valence-corrected chi connectivity index (χ2v) is 4.87. The molecule has 0 aliphatic carbocycles. The summed E-state index contributed by atoms with van der Waals surface area (Å²) in [5.74, 6) is 1.28. The zero-order valence-electron chi connectivity index (χ0n) is 13.3. The molecule has 118 valence electrons. The van der Waals surface area contributed by atoms with Crippen LogP contribution in [0.1, 0.15) is 11.6 Å². The molecule has 1 unspecified atom stereocenters. The zero-order valence-corrected chi connectivity index (χ0v) is 13.3. The summed E-state index contributed by atoms with van der Waals surface area (Å²) >= 11 is 0. The van der Waals surface area contributed by atoms with Crippen LogP contribution in [0.15, 0.2) is 29.3 Å². The van der Waals surface area contributed by atoms with Crippen molar-refractivity contribution in [1.82, 2.24) is 10.2 Å². The number of nitrogens with two attached hydrogens (primary N) is 1. The lowest BCUT2D eigenvalue weighted by Gasteiger charge is -2.25. The highest BCUT2D eigenvalue weighted by Gasteiger charge is 2.17. The predicted molar refractivity (Wildman–Crippen MR) is 85.8 cm³/mol. The first-order valence-corrected chi connectivity index (χ1v) is 6.92. The molecule has 0 saturated carbocycles. The normalized spacial score (nSPS) is 13.3. The Hall–Kier alpha value is -1.79. The van der Waals surface area contributed by atoms with Crippen LogP contribution in [0.5, 0.6) is 5.75 Å². The topological polar surface area (TPSA) is 72.1 Å². The van der Waals surface area contributed by atoms with Gasteiger partial charge in [0.05, 0.1) is 26.3 Å². The number of para-hydroxylation sites is 1. The number of nitrogens with zero attached hydrogens (tertiary/aromatic N) is 2. The molecule has 0 aliphatic heterocycles. The third-order valence-corrected chi connectivity index (χ3v) is 3.17. The predicted octanol–water partition coefficient (Wildman–Crippen LogP) is 0.849. The molecule has 1 aromatic rings. The Morgan fingerprint density at radius 2 is 2.05 bits per heavy atom.